The molecule has 2 aliphatic heterocycles. The lowest BCUT2D eigenvalue weighted by molar-refractivity contribution is -0.309. The maximum Gasteiger partial charge on any atom is 0.186 e. The third-order valence-corrected chi connectivity index (χ3v) is 9.47. The van der Waals surface area contributed by atoms with Crippen molar-refractivity contribution in [3.63, 3.8) is 0 Å². The van der Waals surface area contributed by atoms with E-state index in [1.54, 1.807) is 0 Å². The zero-order chi connectivity index (χ0) is 30.9. The number of benzene rings is 1. The molecule has 14 heteroatoms. The molecule has 0 spiro atoms. The summed E-state index contributed by atoms with van der Waals surface area (Å²) < 4.78 is 23.8. The minimum Gasteiger partial charge on any atom is -0.390 e. The van der Waals surface area contributed by atoms with Crippen molar-refractivity contribution in [2.75, 3.05) is 12.3 Å². The number of thioether (sulfide) groups is 1. The van der Waals surface area contributed by atoms with Crippen LogP contribution in [-0.2, 0) is 24.4 Å². The van der Waals surface area contributed by atoms with Crippen LogP contribution in [0.1, 0.15) is 39.2 Å². The molecule has 0 unspecified atom stereocenters. The summed E-state index contributed by atoms with van der Waals surface area (Å²) in [5.41, 5.74) is 31.9. The summed E-state index contributed by atoms with van der Waals surface area (Å²) in [5, 5.41) is 43.0. The van der Waals surface area contributed by atoms with Crippen LogP contribution in [0.2, 0.25) is 0 Å². The first-order valence-corrected chi connectivity index (χ1v) is 15.5. The van der Waals surface area contributed by atoms with Crippen LogP contribution in [0.15, 0.2) is 29.2 Å². The van der Waals surface area contributed by atoms with Crippen molar-refractivity contribution >= 4 is 11.8 Å². The van der Waals surface area contributed by atoms with E-state index >= 15 is 0 Å². The minimum atomic E-state index is -1.39. The first-order valence-electron chi connectivity index (χ1n) is 14.5. The van der Waals surface area contributed by atoms with Crippen molar-refractivity contribution in [2.45, 2.75) is 130 Å². The first-order chi connectivity index (χ1) is 19.7. The van der Waals surface area contributed by atoms with Crippen LogP contribution in [0.25, 0.3) is 0 Å². The Hall–Kier alpha value is -0.950. The molecule has 2 saturated heterocycles. The Morgan fingerprint density at radius 1 is 0.786 bits per heavy atom. The SMILES string of the molecule is CC(C)(C)c1ccc(SC[C@H]2O[C@H](O[C@@H]3[C@@H](O)[C@H](O[C@H]4O[C@H](CN)[C@@H](O)C[C@H]4N)[C@@H](N)C[C@H]3N)[C@H](O)[C@@H](N)[C@@H]2O)cc1. The number of nitrogens with two attached hydrogens (primary N) is 5. The smallest absolute Gasteiger partial charge is 0.186 e. The van der Waals surface area contributed by atoms with Gasteiger partial charge in [-0.05, 0) is 36.0 Å². The lowest BCUT2D eigenvalue weighted by Crippen LogP contribution is -2.68. The van der Waals surface area contributed by atoms with Gasteiger partial charge in [-0.2, -0.15) is 0 Å². The van der Waals surface area contributed by atoms with Gasteiger partial charge in [0, 0.05) is 29.3 Å². The molecule has 1 aromatic rings. The Labute approximate surface area is 251 Å². The topological polar surface area (TPSA) is 248 Å². The second-order valence-electron chi connectivity index (χ2n) is 12.7. The molecule has 3 aliphatic rings. The average Bonchev–Trinajstić information content (AvgIpc) is 2.93. The van der Waals surface area contributed by atoms with E-state index < -0.39 is 85.6 Å². The molecule has 3 fully saturated rings. The molecule has 1 aliphatic carbocycles. The quantitative estimate of drug-likeness (QED) is 0.141. The molecule has 1 saturated carbocycles. The van der Waals surface area contributed by atoms with Crippen molar-refractivity contribution in [2.24, 2.45) is 28.7 Å². The second kappa shape index (κ2) is 14.0. The molecule has 0 radical (unpaired) electrons. The number of hydrogen-bond acceptors (Lipinski definition) is 14. The Morgan fingerprint density at radius 2 is 1.36 bits per heavy atom. The average molecular weight is 616 g/mol. The third kappa shape index (κ3) is 7.64. The summed E-state index contributed by atoms with van der Waals surface area (Å²) in [6.45, 7) is 6.50. The molecule has 240 valence electrons. The van der Waals surface area contributed by atoms with Crippen molar-refractivity contribution in [3.05, 3.63) is 29.8 Å². The van der Waals surface area contributed by atoms with Gasteiger partial charge in [0.25, 0.3) is 0 Å². The summed E-state index contributed by atoms with van der Waals surface area (Å²) in [4.78, 5) is 0.988. The van der Waals surface area contributed by atoms with Crippen molar-refractivity contribution in [1.29, 1.82) is 0 Å². The van der Waals surface area contributed by atoms with Crippen LogP contribution in [0.5, 0.6) is 0 Å². The Kier molecular flexibility index (Phi) is 11.3. The molecule has 13 nitrogen and oxygen atoms in total. The van der Waals surface area contributed by atoms with Gasteiger partial charge in [-0.15, -0.1) is 11.8 Å². The van der Waals surface area contributed by atoms with Gasteiger partial charge >= 0.3 is 0 Å². The van der Waals surface area contributed by atoms with Crippen LogP contribution in [-0.4, -0.2) is 118 Å². The van der Waals surface area contributed by atoms with Crippen molar-refractivity contribution < 1.29 is 39.4 Å². The molecule has 42 heavy (non-hydrogen) atoms. The molecule has 2 heterocycles. The molecular weight excluding hydrogens is 566 g/mol. The fraction of sp³-hybridized carbons (Fsp3) is 0.786. The van der Waals surface area contributed by atoms with Crippen LogP contribution in [0, 0.1) is 0 Å². The predicted molar refractivity (Wildman–Crippen MR) is 157 cm³/mol. The summed E-state index contributed by atoms with van der Waals surface area (Å²) >= 11 is 1.48. The van der Waals surface area contributed by atoms with Gasteiger partial charge in [-0.25, -0.2) is 0 Å². The number of aliphatic hydroxyl groups excluding tert-OH is 4. The fourth-order valence-corrected chi connectivity index (χ4v) is 6.61. The minimum absolute atomic E-state index is 0.0304. The molecule has 0 aromatic heterocycles. The van der Waals surface area contributed by atoms with Gasteiger partial charge in [0.1, 0.15) is 24.4 Å². The molecular formula is C28H49N5O8S. The first kappa shape index (κ1) is 33.9. The van der Waals surface area contributed by atoms with E-state index in [0.29, 0.717) is 5.75 Å². The largest absolute Gasteiger partial charge is 0.390 e. The molecule has 14 N–H and O–H groups in total. The third-order valence-electron chi connectivity index (χ3n) is 8.37. The fourth-order valence-electron chi connectivity index (χ4n) is 5.64. The maximum atomic E-state index is 11.3. The highest BCUT2D eigenvalue weighted by atomic mass is 32.2. The highest BCUT2D eigenvalue weighted by molar-refractivity contribution is 7.99. The van der Waals surface area contributed by atoms with Crippen LogP contribution in [0.4, 0.5) is 0 Å². The van der Waals surface area contributed by atoms with E-state index in [2.05, 4.69) is 32.9 Å². The lowest BCUT2D eigenvalue weighted by atomic mass is 9.84. The lowest BCUT2D eigenvalue weighted by Gasteiger charge is -2.48. The van der Waals surface area contributed by atoms with Crippen molar-refractivity contribution in [3.8, 4) is 0 Å². The van der Waals surface area contributed by atoms with Gasteiger partial charge in [-0.3, -0.25) is 0 Å². The van der Waals surface area contributed by atoms with E-state index in [-0.39, 0.29) is 24.8 Å². The van der Waals surface area contributed by atoms with Crippen molar-refractivity contribution in [1.82, 2.24) is 0 Å². The van der Waals surface area contributed by atoms with E-state index in [4.69, 9.17) is 47.6 Å². The van der Waals surface area contributed by atoms with Gasteiger partial charge in [0.05, 0.1) is 36.5 Å². The van der Waals surface area contributed by atoms with Gasteiger partial charge in [-0.1, -0.05) is 32.9 Å². The van der Waals surface area contributed by atoms with Gasteiger partial charge < -0.3 is 68.0 Å². The molecule has 1 aromatic carbocycles. The monoisotopic (exact) mass is 615 g/mol. The van der Waals surface area contributed by atoms with Crippen LogP contribution < -0.4 is 28.7 Å². The standard InChI is InChI=1S/C28H49N5O8S/c1-28(2,3)12-4-6-13(7-5-12)42-11-19-21(35)20(33)22(36)27(39-19)41-25-15(31)8-14(30)24(23(25)37)40-26-16(32)9-17(34)18(10-29)38-26/h4-7,14-27,34-37H,8-11,29-33H2,1-3H3/t14-,15+,16+,17-,18+,19+,20-,21+,22+,23-,24+,25-,26+,27+/m0/s1. The zero-order valence-electron chi connectivity index (χ0n) is 24.4. The van der Waals surface area contributed by atoms with Crippen LogP contribution in [0.3, 0.4) is 0 Å². The molecule has 14 atom stereocenters. The number of aliphatic hydroxyl groups is 4. The number of rotatable bonds is 8. The summed E-state index contributed by atoms with van der Waals surface area (Å²) in [5.74, 6) is 0.345. The van der Waals surface area contributed by atoms with Crippen LogP contribution >= 0.6 is 11.8 Å². The molecule has 4 rings (SSSR count). The van der Waals surface area contributed by atoms with Gasteiger partial charge in [0.15, 0.2) is 12.6 Å². The van der Waals surface area contributed by atoms with Gasteiger partial charge in [0.2, 0.25) is 0 Å². The summed E-state index contributed by atoms with van der Waals surface area (Å²) in [6, 6.07) is 5.04. The Bertz CT molecular complexity index is 1010. The number of ether oxygens (including phenoxy) is 4. The predicted octanol–water partition coefficient (Wildman–Crippen LogP) is -2.20. The van der Waals surface area contributed by atoms with E-state index in [1.807, 2.05) is 12.1 Å². The highest BCUT2D eigenvalue weighted by Gasteiger charge is 2.50. The molecule has 0 bridgehead atoms. The van der Waals surface area contributed by atoms with E-state index in [0.717, 1.165) is 4.90 Å². The Balaban J connectivity index is 1.41. The number of hydrogen-bond donors (Lipinski definition) is 9. The molecule has 0 amide bonds. The highest BCUT2D eigenvalue weighted by Crippen LogP contribution is 2.33. The van der Waals surface area contributed by atoms with E-state index in [9.17, 15) is 20.4 Å². The summed E-state index contributed by atoms with van der Waals surface area (Å²) in [7, 11) is 0. The maximum absolute atomic E-state index is 11.3. The normalized spacial score (nSPS) is 43.3. The zero-order valence-corrected chi connectivity index (χ0v) is 25.3. The second-order valence-corrected chi connectivity index (χ2v) is 13.8. The van der Waals surface area contributed by atoms with E-state index in [1.165, 1.54) is 17.3 Å². The summed E-state index contributed by atoms with van der Waals surface area (Å²) in [6.07, 6.45) is -10.0. The Morgan fingerprint density at radius 3 is 1.93 bits per heavy atom.